The van der Waals surface area contributed by atoms with Gasteiger partial charge in [-0.2, -0.15) is 10.5 Å². The maximum absolute atomic E-state index is 16.0. The van der Waals surface area contributed by atoms with Gasteiger partial charge in [-0.1, -0.05) is 52.5 Å². The Morgan fingerprint density at radius 1 is 0.600 bits per heavy atom. The van der Waals surface area contributed by atoms with E-state index in [1.54, 1.807) is 30.3 Å². The van der Waals surface area contributed by atoms with E-state index in [-0.39, 0.29) is 48.8 Å². The van der Waals surface area contributed by atoms with Crippen LogP contribution >= 0.6 is 46.4 Å². The van der Waals surface area contributed by atoms with Crippen LogP contribution in [0.2, 0.25) is 20.1 Å². The molecule has 0 aliphatic rings. The molecule has 4 rings (SSSR count). The average Bonchev–Trinajstić information content (AvgIpc) is 2.95. The first-order valence-corrected chi connectivity index (χ1v) is 12.6. The third kappa shape index (κ3) is 5.77. The smallest absolute Gasteiger partial charge is 0.217 e. The summed E-state index contributed by atoms with van der Waals surface area (Å²) >= 11 is 24.8. The molecule has 0 radical (unpaired) electrons. The van der Waals surface area contributed by atoms with Crippen LogP contribution in [0.4, 0.5) is 4.39 Å². The van der Waals surface area contributed by atoms with E-state index in [2.05, 4.69) is 0 Å². The number of nitrogens with zero attached hydrogens (tertiary/aromatic N) is 2. The zero-order valence-electron chi connectivity index (χ0n) is 20.5. The van der Waals surface area contributed by atoms with Gasteiger partial charge in [-0.15, -0.1) is 0 Å². The van der Waals surface area contributed by atoms with E-state index >= 15 is 4.39 Å². The van der Waals surface area contributed by atoms with Gasteiger partial charge in [-0.25, -0.2) is 4.39 Å². The Bertz CT molecular complexity index is 1680. The molecule has 0 aromatic heterocycles. The Kier molecular flexibility index (Phi) is 8.99. The van der Waals surface area contributed by atoms with Crippen LogP contribution in [-0.2, 0) is 0 Å². The summed E-state index contributed by atoms with van der Waals surface area (Å²) in [5.74, 6) is -2.51. The normalized spacial score (nSPS) is 10.3. The first kappa shape index (κ1) is 28.9. The number of nitriles is 2. The fourth-order valence-corrected chi connectivity index (χ4v) is 4.13. The van der Waals surface area contributed by atoms with E-state index in [4.69, 9.17) is 70.1 Å². The zero-order chi connectivity index (χ0) is 29.0. The van der Waals surface area contributed by atoms with Crippen molar-refractivity contribution in [1.29, 1.82) is 10.5 Å². The fourth-order valence-electron chi connectivity index (χ4n) is 3.50. The minimum absolute atomic E-state index is 0.00623. The minimum atomic E-state index is -1.23. The quantitative estimate of drug-likeness (QED) is 0.194. The summed E-state index contributed by atoms with van der Waals surface area (Å²) in [6.07, 6.45) is 0. The minimum Gasteiger partial charge on any atom is -0.493 e. The SMILES string of the molecule is COc1cccc(OC)c1Oc1c(C#N)c(C#N)c(F)c(Oc2cc(Cl)ccc2Cl)c1Oc1cc(Cl)ccc1Cl. The van der Waals surface area contributed by atoms with Gasteiger partial charge in [0.1, 0.15) is 34.8 Å². The second-order valence-electron chi connectivity index (χ2n) is 7.72. The molecule has 0 aliphatic carbocycles. The number of rotatable bonds is 8. The Labute approximate surface area is 248 Å². The highest BCUT2D eigenvalue weighted by Crippen LogP contribution is 2.53. The number of ether oxygens (including phenoxy) is 5. The van der Waals surface area contributed by atoms with Crippen molar-refractivity contribution in [3.05, 3.63) is 91.6 Å². The molecule has 0 heterocycles. The molecule has 4 aromatic carbocycles. The zero-order valence-corrected chi connectivity index (χ0v) is 23.5. The maximum atomic E-state index is 16.0. The highest BCUT2D eigenvalue weighted by Gasteiger charge is 2.32. The second kappa shape index (κ2) is 12.4. The maximum Gasteiger partial charge on any atom is 0.217 e. The lowest BCUT2D eigenvalue weighted by molar-refractivity contribution is 0.331. The molecule has 0 unspecified atom stereocenters. The van der Waals surface area contributed by atoms with Crippen molar-refractivity contribution in [2.75, 3.05) is 14.2 Å². The summed E-state index contributed by atoms with van der Waals surface area (Å²) in [7, 11) is 2.77. The van der Waals surface area contributed by atoms with Crippen molar-refractivity contribution >= 4 is 46.4 Å². The molecule has 0 spiro atoms. The summed E-state index contributed by atoms with van der Waals surface area (Å²) in [6, 6.07) is 16.8. The molecule has 0 N–H and O–H groups in total. The average molecular weight is 620 g/mol. The molecule has 0 aliphatic heterocycles. The predicted molar refractivity (Wildman–Crippen MR) is 149 cm³/mol. The summed E-state index contributed by atoms with van der Waals surface area (Å²) in [4.78, 5) is 0. The van der Waals surface area contributed by atoms with Crippen LogP contribution in [0.25, 0.3) is 0 Å². The number of benzene rings is 4. The lowest BCUT2D eigenvalue weighted by atomic mass is 10.1. The first-order valence-electron chi connectivity index (χ1n) is 11.1. The molecule has 0 atom stereocenters. The van der Waals surface area contributed by atoms with Crippen LogP contribution in [0.15, 0.2) is 54.6 Å². The van der Waals surface area contributed by atoms with Crippen LogP contribution in [0, 0.1) is 28.5 Å². The van der Waals surface area contributed by atoms with Gasteiger partial charge in [0.2, 0.25) is 17.2 Å². The standard InChI is InChI=1S/C28H15Cl4FN2O5/c1-36-20-4-3-5-21(37-2)26(20)40-25-17(13-35)16(12-34)24(33)27(38-22-10-14(29)6-8-18(22)31)28(25)39-23-11-15(30)7-9-19(23)32/h3-11H,1-2H3. The van der Waals surface area contributed by atoms with Crippen LogP contribution in [0.1, 0.15) is 11.1 Å². The number of para-hydroxylation sites is 1. The largest absolute Gasteiger partial charge is 0.493 e. The van der Waals surface area contributed by atoms with Crippen molar-refractivity contribution in [3.8, 4) is 58.1 Å². The summed E-state index contributed by atoms with van der Waals surface area (Å²) in [5, 5.41) is 20.5. The molecule has 0 saturated heterocycles. The molecular formula is C28H15Cl4FN2O5. The molecule has 0 fully saturated rings. The first-order chi connectivity index (χ1) is 19.2. The number of halogens is 5. The van der Waals surface area contributed by atoms with Gasteiger partial charge >= 0.3 is 0 Å². The van der Waals surface area contributed by atoms with Gasteiger partial charge in [0, 0.05) is 22.2 Å². The van der Waals surface area contributed by atoms with Gasteiger partial charge in [-0.3, -0.25) is 0 Å². The van der Waals surface area contributed by atoms with E-state index in [9.17, 15) is 10.5 Å². The topological polar surface area (TPSA) is 93.7 Å². The summed E-state index contributed by atoms with van der Waals surface area (Å²) in [5.41, 5.74) is -1.20. The highest BCUT2D eigenvalue weighted by molar-refractivity contribution is 6.34. The van der Waals surface area contributed by atoms with Crippen molar-refractivity contribution in [1.82, 2.24) is 0 Å². The van der Waals surface area contributed by atoms with Crippen LogP contribution < -0.4 is 23.7 Å². The van der Waals surface area contributed by atoms with E-state index in [1.807, 2.05) is 0 Å². The van der Waals surface area contributed by atoms with Crippen molar-refractivity contribution in [2.24, 2.45) is 0 Å². The summed E-state index contributed by atoms with van der Waals surface area (Å²) in [6.45, 7) is 0. The molecule has 7 nitrogen and oxygen atoms in total. The van der Waals surface area contributed by atoms with Crippen LogP contribution in [-0.4, -0.2) is 14.2 Å². The van der Waals surface area contributed by atoms with Gasteiger partial charge in [-0.05, 0) is 36.4 Å². The molecule has 202 valence electrons. The van der Waals surface area contributed by atoms with E-state index < -0.39 is 34.2 Å². The van der Waals surface area contributed by atoms with Crippen LogP contribution in [0.3, 0.4) is 0 Å². The van der Waals surface area contributed by atoms with Crippen LogP contribution in [0.5, 0.6) is 46.0 Å². The lowest BCUT2D eigenvalue weighted by Crippen LogP contribution is -2.05. The van der Waals surface area contributed by atoms with Gasteiger partial charge < -0.3 is 23.7 Å². The van der Waals surface area contributed by atoms with Gasteiger partial charge in [0.25, 0.3) is 0 Å². The molecule has 0 saturated carbocycles. The van der Waals surface area contributed by atoms with Gasteiger partial charge in [0.05, 0.1) is 24.3 Å². The molecule has 12 heteroatoms. The third-order valence-electron chi connectivity index (χ3n) is 5.33. The Hall–Kier alpha value is -4.05. The second-order valence-corrected chi connectivity index (χ2v) is 9.41. The Morgan fingerprint density at radius 3 is 1.57 bits per heavy atom. The molecular weight excluding hydrogens is 605 g/mol. The third-order valence-corrected chi connectivity index (χ3v) is 6.42. The predicted octanol–water partition coefficient (Wildman–Crippen LogP) is 9.58. The van der Waals surface area contributed by atoms with Crippen molar-refractivity contribution in [2.45, 2.75) is 0 Å². The number of hydrogen-bond acceptors (Lipinski definition) is 7. The molecule has 4 aromatic rings. The number of methoxy groups -OCH3 is 2. The van der Waals surface area contributed by atoms with Crippen molar-refractivity contribution < 1.29 is 28.1 Å². The summed E-state index contributed by atoms with van der Waals surface area (Å²) < 4.78 is 44.7. The molecule has 0 amide bonds. The molecule has 40 heavy (non-hydrogen) atoms. The van der Waals surface area contributed by atoms with E-state index in [0.717, 1.165) is 0 Å². The van der Waals surface area contributed by atoms with Gasteiger partial charge in [0.15, 0.2) is 23.1 Å². The Morgan fingerprint density at radius 2 is 1.10 bits per heavy atom. The lowest BCUT2D eigenvalue weighted by Gasteiger charge is -2.21. The fraction of sp³-hybridized carbons (Fsp3) is 0.0714. The van der Waals surface area contributed by atoms with Crippen molar-refractivity contribution in [3.63, 3.8) is 0 Å². The monoisotopic (exact) mass is 618 g/mol. The van der Waals surface area contributed by atoms with E-state index in [0.29, 0.717) is 0 Å². The molecule has 0 bridgehead atoms. The number of hydrogen-bond donors (Lipinski definition) is 0. The highest BCUT2D eigenvalue weighted by atomic mass is 35.5. The van der Waals surface area contributed by atoms with E-state index in [1.165, 1.54) is 50.6 Å². The Balaban J connectivity index is 2.08.